The van der Waals surface area contributed by atoms with Crippen molar-refractivity contribution in [1.29, 1.82) is 0 Å². The highest BCUT2D eigenvalue weighted by Crippen LogP contribution is 2.24. The summed E-state index contributed by atoms with van der Waals surface area (Å²) in [5.41, 5.74) is 1.77. The lowest BCUT2D eigenvalue weighted by Crippen LogP contribution is -2.26. The summed E-state index contributed by atoms with van der Waals surface area (Å²) in [5.74, 6) is 0.696. The molecule has 0 radical (unpaired) electrons. The van der Waals surface area contributed by atoms with Crippen LogP contribution in [-0.2, 0) is 5.75 Å². The maximum atomic E-state index is 12.9. The third kappa shape index (κ3) is 3.29. The van der Waals surface area contributed by atoms with E-state index in [-0.39, 0.29) is 11.6 Å². The number of hydrogen-bond donors (Lipinski definition) is 0. The molecule has 0 saturated heterocycles. The Hall–Kier alpha value is -2.14. The zero-order chi connectivity index (χ0) is 16.2. The first-order valence-electron chi connectivity index (χ1n) is 7.74. The van der Waals surface area contributed by atoms with E-state index in [9.17, 15) is 4.79 Å². The maximum absolute atomic E-state index is 12.9. The van der Waals surface area contributed by atoms with Gasteiger partial charge in [-0.1, -0.05) is 36.9 Å². The fraction of sp³-hybridized carbons (Fsp3) is 0.278. The van der Waals surface area contributed by atoms with E-state index in [1.54, 1.807) is 18.0 Å². The summed E-state index contributed by atoms with van der Waals surface area (Å²) >= 11 is 1.56. The van der Waals surface area contributed by atoms with Gasteiger partial charge < -0.3 is 0 Å². The monoisotopic (exact) mass is 325 g/mol. The predicted octanol–water partition coefficient (Wildman–Crippen LogP) is 4.05. The highest BCUT2D eigenvalue weighted by Gasteiger charge is 2.15. The molecule has 23 heavy (non-hydrogen) atoms. The minimum absolute atomic E-state index is 0.0356. The predicted molar refractivity (Wildman–Crippen MR) is 94.8 cm³/mol. The van der Waals surface area contributed by atoms with E-state index < -0.39 is 0 Å². The molecule has 5 heteroatoms. The second-order valence-corrected chi connectivity index (χ2v) is 6.40. The molecule has 0 unspecified atom stereocenters. The maximum Gasteiger partial charge on any atom is 0.262 e. The Balaban J connectivity index is 2.05. The second-order valence-electron chi connectivity index (χ2n) is 5.45. The molecular weight excluding hydrogens is 306 g/mol. The number of nitrogens with zero attached hydrogens (tertiary/aromatic N) is 3. The van der Waals surface area contributed by atoms with E-state index in [1.165, 1.54) is 0 Å². The van der Waals surface area contributed by atoms with Crippen LogP contribution in [0.25, 0.3) is 10.9 Å². The van der Waals surface area contributed by atoms with Crippen LogP contribution < -0.4 is 5.56 Å². The Morgan fingerprint density at radius 3 is 2.70 bits per heavy atom. The van der Waals surface area contributed by atoms with Gasteiger partial charge in [0.05, 0.1) is 16.6 Å². The number of para-hydroxylation sites is 1. The van der Waals surface area contributed by atoms with E-state index in [0.29, 0.717) is 11.1 Å². The average Bonchev–Trinajstić information content (AvgIpc) is 2.60. The molecule has 118 valence electrons. The SMILES string of the molecule is CC[C@@H](C)n1c(SCc2ccccn2)nc2ccccc2c1=O. The molecule has 0 fully saturated rings. The van der Waals surface area contributed by atoms with Crippen molar-refractivity contribution in [2.75, 3.05) is 0 Å². The first kappa shape index (κ1) is 15.7. The lowest BCUT2D eigenvalue weighted by Gasteiger charge is -2.18. The fourth-order valence-corrected chi connectivity index (χ4v) is 3.43. The quantitative estimate of drug-likeness (QED) is 0.524. The Morgan fingerprint density at radius 2 is 1.96 bits per heavy atom. The number of pyridine rings is 1. The van der Waals surface area contributed by atoms with Crippen LogP contribution in [0.1, 0.15) is 32.0 Å². The van der Waals surface area contributed by atoms with Gasteiger partial charge in [0.15, 0.2) is 5.16 Å². The topological polar surface area (TPSA) is 47.8 Å². The number of thioether (sulfide) groups is 1. The smallest absolute Gasteiger partial charge is 0.262 e. The Kier molecular flexibility index (Phi) is 4.76. The molecule has 0 N–H and O–H groups in total. The molecule has 0 bridgehead atoms. The zero-order valence-corrected chi connectivity index (χ0v) is 14.1. The van der Waals surface area contributed by atoms with Crippen LogP contribution in [0.4, 0.5) is 0 Å². The first-order chi connectivity index (χ1) is 11.2. The van der Waals surface area contributed by atoms with Crippen LogP contribution >= 0.6 is 11.8 Å². The van der Waals surface area contributed by atoms with Gasteiger partial charge in [0.25, 0.3) is 5.56 Å². The summed E-state index contributed by atoms with van der Waals surface area (Å²) in [7, 11) is 0. The van der Waals surface area contributed by atoms with Crippen LogP contribution in [0.5, 0.6) is 0 Å². The van der Waals surface area contributed by atoms with Gasteiger partial charge in [-0.2, -0.15) is 0 Å². The minimum atomic E-state index is 0.0356. The van der Waals surface area contributed by atoms with Gasteiger partial charge >= 0.3 is 0 Å². The van der Waals surface area contributed by atoms with Gasteiger partial charge in [0, 0.05) is 18.0 Å². The van der Waals surface area contributed by atoms with Gasteiger partial charge in [-0.15, -0.1) is 0 Å². The highest BCUT2D eigenvalue weighted by atomic mass is 32.2. The third-order valence-electron chi connectivity index (χ3n) is 3.88. The van der Waals surface area contributed by atoms with Crippen molar-refractivity contribution in [3.8, 4) is 0 Å². The molecule has 0 spiro atoms. The van der Waals surface area contributed by atoms with Gasteiger partial charge in [0.2, 0.25) is 0 Å². The lowest BCUT2D eigenvalue weighted by atomic mass is 10.2. The van der Waals surface area contributed by atoms with Crippen molar-refractivity contribution in [1.82, 2.24) is 14.5 Å². The molecule has 3 rings (SSSR count). The molecule has 2 heterocycles. The highest BCUT2D eigenvalue weighted by molar-refractivity contribution is 7.98. The van der Waals surface area contributed by atoms with Gasteiger partial charge in [-0.3, -0.25) is 14.3 Å². The molecule has 0 aliphatic rings. The Bertz CT molecular complexity index is 861. The third-order valence-corrected chi connectivity index (χ3v) is 4.87. The summed E-state index contributed by atoms with van der Waals surface area (Å²) in [6.45, 7) is 4.14. The van der Waals surface area contributed by atoms with E-state index in [2.05, 4.69) is 18.8 Å². The van der Waals surface area contributed by atoms with Gasteiger partial charge in [-0.25, -0.2) is 4.98 Å². The average molecular weight is 325 g/mol. The number of benzene rings is 1. The van der Waals surface area contributed by atoms with Crippen molar-refractivity contribution in [2.45, 2.75) is 37.2 Å². The molecule has 1 aromatic carbocycles. The largest absolute Gasteiger partial charge is 0.284 e. The second kappa shape index (κ2) is 6.96. The van der Waals surface area contributed by atoms with Crippen molar-refractivity contribution in [3.63, 3.8) is 0 Å². The van der Waals surface area contributed by atoms with Gasteiger partial charge in [0.1, 0.15) is 0 Å². The normalized spacial score (nSPS) is 12.4. The summed E-state index contributed by atoms with van der Waals surface area (Å²) < 4.78 is 1.82. The first-order valence-corrected chi connectivity index (χ1v) is 8.73. The molecule has 0 saturated carbocycles. The van der Waals surface area contributed by atoms with Crippen LogP contribution in [0.15, 0.2) is 58.6 Å². The minimum Gasteiger partial charge on any atom is -0.284 e. The summed E-state index contributed by atoms with van der Waals surface area (Å²) in [4.78, 5) is 21.9. The number of fused-ring (bicyclic) bond motifs is 1. The molecule has 0 amide bonds. The van der Waals surface area contributed by atoms with E-state index in [1.807, 2.05) is 47.0 Å². The van der Waals surface area contributed by atoms with Crippen LogP contribution in [0.3, 0.4) is 0 Å². The molecule has 2 aromatic heterocycles. The molecular formula is C18H19N3OS. The summed E-state index contributed by atoms with van der Waals surface area (Å²) in [6.07, 6.45) is 2.67. The van der Waals surface area contributed by atoms with E-state index >= 15 is 0 Å². The summed E-state index contributed by atoms with van der Waals surface area (Å²) in [5, 5.41) is 1.43. The fourth-order valence-electron chi connectivity index (χ4n) is 2.42. The number of rotatable bonds is 5. The number of aromatic nitrogens is 3. The van der Waals surface area contributed by atoms with Crippen molar-refractivity contribution in [3.05, 3.63) is 64.7 Å². The number of hydrogen-bond acceptors (Lipinski definition) is 4. The van der Waals surface area contributed by atoms with Crippen LogP contribution in [-0.4, -0.2) is 14.5 Å². The van der Waals surface area contributed by atoms with Crippen LogP contribution in [0, 0.1) is 0 Å². The Labute approximate surface area is 139 Å². The summed E-state index contributed by atoms with van der Waals surface area (Å²) in [6, 6.07) is 13.5. The van der Waals surface area contributed by atoms with E-state index in [4.69, 9.17) is 4.98 Å². The molecule has 4 nitrogen and oxygen atoms in total. The van der Waals surface area contributed by atoms with E-state index in [0.717, 1.165) is 22.8 Å². The van der Waals surface area contributed by atoms with Crippen molar-refractivity contribution < 1.29 is 0 Å². The van der Waals surface area contributed by atoms with Crippen molar-refractivity contribution >= 4 is 22.7 Å². The standard InChI is InChI=1S/C18H19N3OS/c1-3-13(2)21-17(22)15-9-4-5-10-16(15)20-18(21)23-12-14-8-6-7-11-19-14/h4-11,13H,3,12H2,1-2H3/t13-/m1/s1. The zero-order valence-electron chi connectivity index (χ0n) is 13.3. The molecule has 3 aromatic rings. The molecule has 0 aliphatic heterocycles. The lowest BCUT2D eigenvalue weighted by molar-refractivity contribution is 0.468. The van der Waals surface area contributed by atoms with Crippen LogP contribution in [0.2, 0.25) is 0 Å². The van der Waals surface area contributed by atoms with Gasteiger partial charge in [-0.05, 0) is 37.6 Å². The molecule has 0 aliphatic carbocycles. The Morgan fingerprint density at radius 1 is 1.17 bits per heavy atom. The van der Waals surface area contributed by atoms with Crippen molar-refractivity contribution in [2.24, 2.45) is 0 Å². The molecule has 1 atom stereocenters.